The Morgan fingerprint density at radius 3 is 2.00 bits per heavy atom. The van der Waals surface area contributed by atoms with Gasteiger partial charge < -0.3 is 14.2 Å². The Labute approximate surface area is 115 Å². The molecule has 0 spiro atoms. The lowest BCUT2D eigenvalue weighted by molar-refractivity contribution is -0.116. The number of hydrogen-bond acceptors (Lipinski definition) is 4. The number of rotatable bonds is 6. The smallest absolute Gasteiger partial charge is 0.203 e. The van der Waals surface area contributed by atoms with E-state index in [1.165, 1.54) is 0 Å². The van der Waals surface area contributed by atoms with Gasteiger partial charge >= 0.3 is 0 Å². The molecular weight excluding hydrogens is 300 g/mol. The molecule has 5 heteroatoms. The Balaban J connectivity index is 3.11. The maximum atomic E-state index is 11.2. The lowest BCUT2D eigenvalue weighted by Crippen LogP contribution is -2.12. The van der Waals surface area contributed by atoms with E-state index in [1.807, 2.05) is 12.1 Å². The van der Waals surface area contributed by atoms with Crippen molar-refractivity contribution in [2.75, 3.05) is 21.3 Å². The highest BCUT2D eigenvalue weighted by Crippen LogP contribution is 2.38. The van der Waals surface area contributed by atoms with Crippen molar-refractivity contribution in [3.05, 3.63) is 17.7 Å². The van der Waals surface area contributed by atoms with Crippen LogP contribution in [0.25, 0.3) is 0 Å². The number of ether oxygens (including phenoxy) is 3. The first-order chi connectivity index (χ1) is 8.53. The highest BCUT2D eigenvalue weighted by molar-refractivity contribution is 9.10. The van der Waals surface area contributed by atoms with Crippen LogP contribution in [0.4, 0.5) is 0 Å². The third-order valence-corrected chi connectivity index (χ3v) is 3.55. The number of carbonyl (C=O) groups is 1. The molecule has 1 rings (SSSR count). The van der Waals surface area contributed by atoms with Gasteiger partial charge in [0.25, 0.3) is 0 Å². The van der Waals surface area contributed by atoms with Crippen LogP contribution in [0.15, 0.2) is 12.1 Å². The topological polar surface area (TPSA) is 44.8 Å². The predicted molar refractivity (Wildman–Crippen MR) is 73.2 cm³/mol. The molecule has 0 fully saturated rings. The van der Waals surface area contributed by atoms with E-state index in [1.54, 1.807) is 28.3 Å². The van der Waals surface area contributed by atoms with Crippen LogP contribution >= 0.6 is 15.9 Å². The molecule has 0 N–H and O–H groups in total. The Kier molecular flexibility index (Phi) is 5.47. The molecule has 0 aliphatic rings. The van der Waals surface area contributed by atoms with Crippen LogP contribution in [0, 0.1) is 0 Å². The molecule has 1 unspecified atom stereocenters. The van der Waals surface area contributed by atoms with Crippen molar-refractivity contribution in [3.8, 4) is 17.2 Å². The molecule has 0 heterocycles. The highest BCUT2D eigenvalue weighted by atomic mass is 79.9. The molecule has 4 nitrogen and oxygen atoms in total. The van der Waals surface area contributed by atoms with Gasteiger partial charge in [-0.2, -0.15) is 0 Å². The second-order valence-electron chi connectivity index (χ2n) is 3.82. The lowest BCUT2D eigenvalue weighted by Gasteiger charge is -2.15. The number of methoxy groups -OCH3 is 3. The normalized spacial score (nSPS) is 11.8. The molecule has 0 aromatic heterocycles. The fourth-order valence-electron chi connectivity index (χ4n) is 1.60. The Bertz CT molecular complexity index is 406. The number of halogens is 1. The zero-order chi connectivity index (χ0) is 13.7. The van der Waals surface area contributed by atoms with Crippen LogP contribution in [0.2, 0.25) is 0 Å². The second-order valence-corrected chi connectivity index (χ2v) is 4.92. The van der Waals surface area contributed by atoms with Crippen LogP contribution in [-0.4, -0.2) is 31.9 Å². The van der Waals surface area contributed by atoms with Crippen LogP contribution in [0.1, 0.15) is 12.5 Å². The van der Waals surface area contributed by atoms with Crippen molar-refractivity contribution in [1.29, 1.82) is 0 Å². The Hall–Kier alpha value is -1.23. The van der Waals surface area contributed by atoms with E-state index in [4.69, 9.17) is 14.2 Å². The standard InChI is InChI=1S/C13H17BrO4/c1-8(15)10(14)5-9-6-11(16-2)13(18-4)12(7-9)17-3/h6-7,10H,5H2,1-4H3. The van der Waals surface area contributed by atoms with Gasteiger partial charge in [-0.1, -0.05) is 15.9 Å². The van der Waals surface area contributed by atoms with E-state index >= 15 is 0 Å². The Morgan fingerprint density at radius 2 is 1.67 bits per heavy atom. The van der Waals surface area contributed by atoms with Crippen LogP contribution in [0.5, 0.6) is 17.2 Å². The molecule has 1 aromatic rings. The number of hydrogen-bond donors (Lipinski definition) is 0. The number of Topliss-reactive ketones (excluding diaryl/α,β-unsaturated/α-hetero) is 1. The van der Waals surface area contributed by atoms with Gasteiger partial charge in [0.15, 0.2) is 11.5 Å². The van der Waals surface area contributed by atoms with Gasteiger partial charge in [0, 0.05) is 0 Å². The molecule has 100 valence electrons. The predicted octanol–water partition coefficient (Wildman–Crippen LogP) is 2.61. The second kappa shape index (κ2) is 6.64. The molecule has 18 heavy (non-hydrogen) atoms. The third kappa shape index (κ3) is 3.38. The van der Waals surface area contributed by atoms with Crippen LogP contribution < -0.4 is 14.2 Å². The van der Waals surface area contributed by atoms with E-state index in [0.717, 1.165) is 5.56 Å². The first kappa shape index (κ1) is 14.8. The molecule has 1 atom stereocenters. The summed E-state index contributed by atoms with van der Waals surface area (Å²) in [6.07, 6.45) is 0.575. The van der Waals surface area contributed by atoms with Crippen molar-refractivity contribution in [3.63, 3.8) is 0 Å². The van der Waals surface area contributed by atoms with Crippen molar-refractivity contribution < 1.29 is 19.0 Å². The summed E-state index contributed by atoms with van der Waals surface area (Å²) in [4.78, 5) is 11.0. The van der Waals surface area contributed by atoms with Crippen molar-refractivity contribution in [1.82, 2.24) is 0 Å². The summed E-state index contributed by atoms with van der Waals surface area (Å²) < 4.78 is 15.7. The minimum Gasteiger partial charge on any atom is -0.493 e. The third-order valence-electron chi connectivity index (χ3n) is 2.58. The summed E-state index contributed by atoms with van der Waals surface area (Å²) >= 11 is 3.35. The largest absolute Gasteiger partial charge is 0.493 e. The summed E-state index contributed by atoms with van der Waals surface area (Å²) in [5, 5.41) is 0. The quantitative estimate of drug-likeness (QED) is 0.757. The van der Waals surface area contributed by atoms with E-state index < -0.39 is 0 Å². The zero-order valence-corrected chi connectivity index (χ0v) is 12.5. The molecule has 0 radical (unpaired) electrons. The SMILES string of the molecule is COc1cc(CC(Br)C(C)=O)cc(OC)c1OC. The van der Waals surface area contributed by atoms with Gasteiger partial charge in [-0.3, -0.25) is 4.79 Å². The van der Waals surface area contributed by atoms with Crippen molar-refractivity contribution >= 4 is 21.7 Å². The van der Waals surface area contributed by atoms with Crippen LogP contribution in [-0.2, 0) is 11.2 Å². The first-order valence-electron chi connectivity index (χ1n) is 5.46. The highest BCUT2D eigenvalue weighted by Gasteiger charge is 2.16. The molecule has 0 bridgehead atoms. The number of alkyl halides is 1. The molecule has 0 amide bonds. The molecule has 0 saturated carbocycles. The maximum Gasteiger partial charge on any atom is 0.203 e. The summed E-state index contributed by atoms with van der Waals surface area (Å²) in [6, 6.07) is 3.69. The van der Waals surface area contributed by atoms with Crippen molar-refractivity contribution in [2.24, 2.45) is 0 Å². The lowest BCUT2D eigenvalue weighted by atomic mass is 10.1. The monoisotopic (exact) mass is 316 g/mol. The minimum atomic E-state index is -0.208. The van der Waals surface area contributed by atoms with Gasteiger partial charge in [-0.05, 0) is 31.0 Å². The fourth-order valence-corrected chi connectivity index (χ4v) is 1.98. The maximum absolute atomic E-state index is 11.2. The van der Waals surface area contributed by atoms with Crippen LogP contribution in [0.3, 0.4) is 0 Å². The molecule has 0 saturated heterocycles. The summed E-state index contributed by atoms with van der Waals surface area (Å²) in [6.45, 7) is 1.55. The molecule has 0 aliphatic heterocycles. The van der Waals surface area contributed by atoms with Gasteiger partial charge in [0.05, 0.1) is 26.2 Å². The molecule has 1 aromatic carbocycles. The first-order valence-corrected chi connectivity index (χ1v) is 6.38. The average molecular weight is 317 g/mol. The van der Waals surface area contributed by atoms with E-state index in [-0.39, 0.29) is 10.6 Å². The zero-order valence-electron chi connectivity index (χ0n) is 11.0. The van der Waals surface area contributed by atoms with Crippen molar-refractivity contribution in [2.45, 2.75) is 18.2 Å². The van der Waals surface area contributed by atoms with E-state index in [2.05, 4.69) is 15.9 Å². The van der Waals surface area contributed by atoms with E-state index in [0.29, 0.717) is 23.7 Å². The fraction of sp³-hybridized carbons (Fsp3) is 0.462. The Morgan fingerprint density at radius 1 is 1.17 bits per heavy atom. The minimum absolute atomic E-state index is 0.0868. The number of benzene rings is 1. The summed E-state index contributed by atoms with van der Waals surface area (Å²) in [5.74, 6) is 1.83. The number of ketones is 1. The van der Waals surface area contributed by atoms with Gasteiger partial charge in [-0.25, -0.2) is 0 Å². The van der Waals surface area contributed by atoms with E-state index in [9.17, 15) is 4.79 Å². The average Bonchev–Trinajstić information content (AvgIpc) is 2.37. The summed E-state index contributed by atoms with van der Waals surface area (Å²) in [7, 11) is 4.69. The van der Waals surface area contributed by atoms with Gasteiger partial charge in [-0.15, -0.1) is 0 Å². The molecular formula is C13H17BrO4. The molecule has 0 aliphatic carbocycles. The van der Waals surface area contributed by atoms with Gasteiger partial charge in [0.1, 0.15) is 5.78 Å². The van der Waals surface area contributed by atoms with Gasteiger partial charge in [0.2, 0.25) is 5.75 Å². The summed E-state index contributed by atoms with van der Waals surface area (Å²) in [5.41, 5.74) is 0.946. The number of carbonyl (C=O) groups excluding carboxylic acids is 1.